The van der Waals surface area contributed by atoms with Gasteiger partial charge in [-0.05, 0) is 69.3 Å². The Balaban J connectivity index is 1.53. The highest BCUT2D eigenvalue weighted by atomic mass is 16.7. The van der Waals surface area contributed by atoms with Crippen molar-refractivity contribution in [2.24, 2.45) is 11.8 Å². The standard InChI is InChI=1S/C20H29BO4/c1-19(2)20(3,4)25-21(24-19)16-7-5-13(6-8-16)18-14-9-17(22)10-15(18)12-23-11-14/h5-8,14-15,17-18,22H,9-12H2,1-4H3. The van der Waals surface area contributed by atoms with Gasteiger partial charge < -0.3 is 19.2 Å². The summed E-state index contributed by atoms with van der Waals surface area (Å²) in [4.78, 5) is 0. The average Bonchev–Trinajstić information content (AvgIpc) is 2.75. The number of aliphatic hydroxyl groups is 1. The average molecular weight is 344 g/mol. The highest BCUT2D eigenvalue weighted by Gasteiger charge is 2.51. The lowest BCUT2D eigenvalue weighted by atomic mass is 9.66. The van der Waals surface area contributed by atoms with Gasteiger partial charge in [-0.2, -0.15) is 0 Å². The molecule has 25 heavy (non-hydrogen) atoms. The minimum Gasteiger partial charge on any atom is -0.399 e. The second-order valence-electron chi connectivity index (χ2n) is 8.96. The summed E-state index contributed by atoms with van der Waals surface area (Å²) in [5.41, 5.74) is 1.79. The molecule has 1 saturated carbocycles. The quantitative estimate of drug-likeness (QED) is 0.838. The highest BCUT2D eigenvalue weighted by Crippen LogP contribution is 2.45. The normalized spacial score (nSPS) is 36.4. The third kappa shape index (κ3) is 3.05. The molecule has 2 heterocycles. The molecule has 0 radical (unpaired) electrons. The van der Waals surface area contributed by atoms with Crippen LogP contribution < -0.4 is 5.46 Å². The second-order valence-corrected chi connectivity index (χ2v) is 8.96. The van der Waals surface area contributed by atoms with Crippen LogP contribution in [0.25, 0.3) is 0 Å². The SMILES string of the molecule is CC1(C)OB(c2ccc(C3C4COCC3CC(O)C4)cc2)OC1(C)C. The Hall–Kier alpha value is -0.875. The van der Waals surface area contributed by atoms with Crippen molar-refractivity contribution in [2.75, 3.05) is 13.2 Å². The van der Waals surface area contributed by atoms with Crippen LogP contribution in [-0.2, 0) is 14.0 Å². The van der Waals surface area contributed by atoms with Gasteiger partial charge in [0.2, 0.25) is 0 Å². The largest absolute Gasteiger partial charge is 0.494 e. The minimum absolute atomic E-state index is 0.167. The lowest BCUT2D eigenvalue weighted by molar-refractivity contribution is -0.0672. The van der Waals surface area contributed by atoms with Crippen LogP contribution in [0.2, 0.25) is 0 Å². The molecule has 3 aliphatic rings. The van der Waals surface area contributed by atoms with Crippen molar-refractivity contribution < 1.29 is 19.2 Å². The molecular formula is C20H29BO4. The van der Waals surface area contributed by atoms with Crippen molar-refractivity contribution in [2.45, 2.75) is 63.8 Å². The fourth-order valence-electron chi connectivity index (χ4n) is 4.59. The van der Waals surface area contributed by atoms with E-state index in [1.54, 1.807) is 0 Å². The molecule has 2 bridgehead atoms. The predicted molar refractivity (Wildman–Crippen MR) is 97.9 cm³/mol. The van der Waals surface area contributed by atoms with E-state index in [-0.39, 0.29) is 24.4 Å². The van der Waals surface area contributed by atoms with Crippen LogP contribution in [0.4, 0.5) is 0 Å². The van der Waals surface area contributed by atoms with Gasteiger partial charge in [-0.1, -0.05) is 24.3 Å². The Morgan fingerprint density at radius 2 is 1.44 bits per heavy atom. The molecule has 2 unspecified atom stereocenters. The lowest BCUT2D eigenvalue weighted by Crippen LogP contribution is -2.42. The number of benzene rings is 1. The van der Waals surface area contributed by atoms with Crippen molar-refractivity contribution in [3.8, 4) is 0 Å². The first-order valence-corrected chi connectivity index (χ1v) is 9.48. The summed E-state index contributed by atoms with van der Waals surface area (Å²) in [7, 11) is -0.310. The van der Waals surface area contributed by atoms with E-state index in [0.717, 1.165) is 31.5 Å². The molecule has 1 aromatic carbocycles. The molecule has 4 nitrogen and oxygen atoms in total. The van der Waals surface area contributed by atoms with Crippen molar-refractivity contribution in [1.29, 1.82) is 0 Å². The van der Waals surface area contributed by atoms with E-state index in [9.17, 15) is 5.11 Å². The zero-order valence-corrected chi connectivity index (χ0v) is 15.7. The van der Waals surface area contributed by atoms with E-state index >= 15 is 0 Å². The van der Waals surface area contributed by atoms with Crippen LogP contribution in [0.1, 0.15) is 52.0 Å². The predicted octanol–water partition coefficient (Wildman–Crippen LogP) is 2.49. The number of aliphatic hydroxyl groups excluding tert-OH is 1. The van der Waals surface area contributed by atoms with Gasteiger partial charge in [-0.3, -0.25) is 0 Å². The summed E-state index contributed by atoms with van der Waals surface area (Å²) in [5, 5.41) is 10.1. The summed E-state index contributed by atoms with van der Waals surface area (Å²) in [6, 6.07) is 8.71. The van der Waals surface area contributed by atoms with Crippen LogP contribution in [0.15, 0.2) is 24.3 Å². The minimum atomic E-state index is -0.315. The smallest absolute Gasteiger partial charge is 0.399 e. The van der Waals surface area contributed by atoms with E-state index in [1.807, 2.05) is 0 Å². The Morgan fingerprint density at radius 1 is 0.920 bits per heavy atom. The zero-order valence-electron chi connectivity index (χ0n) is 15.7. The van der Waals surface area contributed by atoms with Gasteiger partial charge in [0.15, 0.2) is 0 Å². The van der Waals surface area contributed by atoms with Crippen LogP contribution >= 0.6 is 0 Å². The summed E-state index contributed by atoms with van der Waals surface area (Å²) in [6.45, 7) is 9.84. The summed E-state index contributed by atoms with van der Waals surface area (Å²) >= 11 is 0. The molecular weight excluding hydrogens is 315 g/mol. The number of hydrogen-bond acceptors (Lipinski definition) is 4. The molecule has 1 N–H and O–H groups in total. The summed E-state index contributed by atoms with van der Waals surface area (Å²) < 4.78 is 18.0. The molecule has 5 heteroatoms. The Morgan fingerprint density at radius 3 is 1.96 bits per heavy atom. The van der Waals surface area contributed by atoms with E-state index in [2.05, 4.69) is 52.0 Å². The van der Waals surface area contributed by atoms with E-state index in [0.29, 0.717) is 17.8 Å². The van der Waals surface area contributed by atoms with E-state index < -0.39 is 0 Å². The molecule has 0 spiro atoms. The van der Waals surface area contributed by atoms with Crippen molar-refractivity contribution in [3.63, 3.8) is 0 Å². The van der Waals surface area contributed by atoms with Crippen LogP contribution in [-0.4, -0.2) is 42.7 Å². The lowest BCUT2D eigenvalue weighted by Gasteiger charge is -2.44. The molecule has 2 atom stereocenters. The molecule has 0 aromatic heterocycles. The number of hydrogen-bond donors (Lipinski definition) is 1. The molecule has 1 aliphatic carbocycles. The topological polar surface area (TPSA) is 47.9 Å². The maximum atomic E-state index is 10.1. The highest BCUT2D eigenvalue weighted by molar-refractivity contribution is 6.62. The van der Waals surface area contributed by atoms with E-state index in [4.69, 9.17) is 14.0 Å². The van der Waals surface area contributed by atoms with Crippen LogP contribution in [0.3, 0.4) is 0 Å². The Labute approximate surface area is 151 Å². The first kappa shape index (κ1) is 17.5. The molecule has 3 fully saturated rings. The van der Waals surface area contributed by atoms with Crippen molar-refractivity contribution in [3.05, 3.63) is 29.8 Å². The molecule has 4 rings (SSSR count). The van der Waals surface area contributed by atoms with Crippen molar-refractivity contribution in [1.82, 2.24) is 0 Å². The van der Waals surface area contributed by atoms with Gasteiger partial charge in [0.25, 0.3) is 0 Å². The van der Waals surface area contributed by atoms with Gasteiger partial charge in [-0.15, -0.1) is 0 Å². The Bertz CT molecular complexity index is 597. The Kier molecular flexibility index (Phi) is 4.27. The monoisotopic (exact) mass is 344 g/mol. The summed E-state index contributed by atoms with van der Waals surface area (Å²) in [6.07, 6.45) is 1.53. The third-order valence-corrected chi connectivity index (χ3v) is 6.68. The van der Waals surface area contributed by atoms with Gasteiger partial charge in [0, 0.05) is 0 Å². The van der Waals surface area contributed by atoms with Gasteiger partial charge >= 0.3 is 7.12 Å². The number of rotatable bonds is 2. The zero-order chi connectivity index (χ0) is 17.8. The van der Waals surface area contributed by atoms with Crippen molar-refractivity contribution >= 4 is 12.6 Å². The fraction of sp³-hybridized carbons (Fsp3) is 0.700. The summed E-state index contributed by atoms with van der Waals surface area (Å²) in [5.74, 6) is 1.33. The molecule has 136 valence electrons. The molecule has 1 aromatic rings. The first-order chi connectivity index (χ1) is 11.8. The van der Waals surface area contributed by atoms with Gasteiger partial charge in [0.05, 0.1) is 30.5 Å². The molecule has 0 amide bonds. The number of fused-ring (bicyclic) bond motifs is 2. The maximum absolute atomic E-state index is 10.1. The van der Waals surface area contributed by atoms with Crippen LogP contribution in [0.5, 0.6) is 0 Å². The third-order valence-electron chi connectivity index (χ3n) is 6.68. The number of ether oxygens (including phenoxy) is 1. The first-order valence-electron chi connectivity index (χ1n) is 9.48. The van der Waals surface area contributed by atoms with E-state index in [1.165, 1.54) is 5.56 Å². The fourth-order valence-corrected chi connectivity index (χ4v) is 4.59. The van der Waals surface area contributed by atoms with Gasteiger partial charge in [0.1, 0.15) is 0 Å². The van der Waals surface area contributed by atoms with Crippen LogP contribution in [0, 0.1) is 11.8 Å². The van der Waals surface area contributed by atoms with Gasteiger partial charge in [-0.25, -0.2) is 0 Å². The second kappa shape index (κ2) is 6.09. The molecule has 2 aliphatic heterocycles. The molecule has 2 saturated heterocycles. The maximum Gasteiger partial charge on any atom is 0.494 e.